The molecule has 186 valence electrons. The van der Waals surface area contributed by atoms with Crippen LogP contribution in [-0.4, -0.2) is 15.3 Å². The van der Waals surface area contributed by atoms with Crippen molar-refractivity contribution >= 4 is 0 Å². The Hall–Kier alpha value is -3.72. The summed E-state index contributed by atoms with van der Waals surface area (Å²) in [5, 5.41) is 29.6. The maximum atomic E-state index is 9.89. The number of benzene rings is 4. The van der Waals surface area contributed by atoms with Gasteiger partial charge in [-0.1, -0.05) is 93.8 Å². The Morgan fingerprint density at radius 2 is 0.778 bits per heavy atom. The lowest BCUT2D eigenvalue weighted by Gasteiger charge is -2.34. The third-order valence-electron chi connectivity index (χ3n) is 7.77. The minimum absolute atomic E-state index is 0.172. The molecular weight excluding hydrogens is 444 g/mol. The molecule has 3 N–H and O–H groups in total. The van der Waals surface area contributed by atoms with E-state index in [-0.39, 0.29) is 22.7 Å². The average molecular weight is 481 g/mol. The molecule has 0 aliphatic rings. The zero-order chi connectivity index (χ0) is 25.8. The molecule has 0 aliphatic heterocycles. The number of unbranched alkanes of at least 4 members (excludes halogenated alkanes) is 2. The second-order valence-electron chi connectivity index (χ2n) is 10.1. The van der Waals surface area contributed by atoms with E-state index in [4.69, 9.17) is 0 Å². The summed E-state index contributed by atoms with van der Waals surface area (Å²) < 4.78 is 0. The molecule has 3 heteroatoms. The van der Waals surface area contributed by atoms with Crippen molar-refractivity contribution in [1.82, 2.24) is 0 Å². The summed E-state index contributed by atoms with van der Waals surface area (Å²) in [5.41, 5.74) is 5.04. The summed E-state index contributed by atoms with van der Waals surface area (Å²) in [4.78, 5) is 0. The first-order valence-corrected chi connectivity index (χ1v) is 12.8. The Kier molecular flexibility index (Phi) is 7.40. The van der Waals surface area contributed by atoms with Gasteiger partial charge in [-0.25, -0.2) is 0 Å². The van der Waals surface area contributed by atoms with Crippen LogP contribution in [0.25, 0.3) is 0 Å². The van der Waals surface area contributed by atoms with Crippen molar-refractivity contribution in [2.75, 3.05) is 0 Å². The summed E-state index contributed by atoms with van der Waals surface area (Å²) >= 11 is 0. The minimum atomic E-state index is -0.475. The fraction of sp³-hybridized carbons (Fsp3) is 0.273. The van der Waals surface area contributed by atoms with Gasteiger partial charge >= 0.3 is 0 Å². The molecule has 4 aromatic rings. The van der Waals surface area contributed by atoms with Gasteiger partial charge in [0.15, 0.2) is 0 Å². The summed E-state index contributed by atoms with van der Waals surface area (Å²) in [6, 6.07) is 31.2. The van der Waals surface area contributed by atoms with E-state index in [0.717, 1.165) is 29.5 Å². The van der Waals surface area contributed by atoms with E-state index in [0.29, 0.717) is 0 Å². The van der Waals surface area contributed by atoms with E-state index >= 15 is 0 Å². The smallest absolute Gasteiger partial charge is 0.115 e. The molecule has 0 bridgehead atoms. The Labute approximate surface area is 214 Å². The van der Waals surface area contributed by atoms with Gasteiger partial charge in [0.25, 0.3) is 0 Å². The monoisotopic (exact) mass is 480 g/mol. The minimum Gasteiger partial charge on any atom is -0.508 e. The fourth-order valence-corrected chi connectivity index (χ4v) is 5.27. The molecule has 0 amide bonds. The number of rotatable bonds is 9. The molecule has 4 rings (SSSR count). The molecule has 4 aromatic carbocycles. The first-order chi connectivity index (χ1) is 17.3. The van der Waals surface area contributed by atoms with Gasteiger partial charge in [-0.2, -0.15) is 0 Å². The van der Waals surface area contributed by atoms with Gasteiger partial charge in [0.2, 0.25) is 0 Å². The molecule has 0 aromatic heterocycles. The summed E-state index contributed by atoms with van der Waals surface area (Å²) in [6.07, 6.45) is 4.51. The molecule has 0 saturated heterocycles. The molecule has 0 radical (unpaired) electrons. The van der Waals surface area contributed by atoms with Crippen molar-refractivity contribution in [2.45, 2.75) is 57.3 Å². The van der Waals surface area contributed by atoms with Crippen LogP contribution in [0.1, 0.15) is 74.3 Å². The second-order valence-corrected chi connectivity index (χ2v) is 10.1. The Bertz CT molecular complexity index is 1210. The second kappa shape index (κ2) is 10.5. The van der Waals surface area contributed by atoms with Crippen LogP contribution < -0.4 is 0 Å². The molecule has 0 fully saturated rings. The normalized spacial score (nSPS) is 13.3. The van der Waals surface area contributed by atoms with E-state index < -0.39 is 5.41 Å². The first kappa shape index (κ1) is 25.4. The van der Waals surface area contributed by atoms with Crippen molar-refractivity contribution in [2.24, 2.45) is 0 Å². The Morgan fingerprint density at radius 1 is 0.472 bits per heavy atom. The van der Waals surface area contributed by atoms with Gasteiger partial charge < -0.3 is 15.3 Å². The highest BCUT2D eigenvalue weighted by Crippen LogP contribution is 2.42. The van der Waals surface area contributed by atoms with E-state index in [1.807, 2.05) is 36.4 Å². The molecule has 1 unspecified atom stereocenters. The number of phenolic OH excluding ortho intramolecular Hbond substituents is 3. The third-order valence-corrected chi connectivity index (χ3v) is 7.77. The van der Waals surface area contributed by atoms with Crippen molar-refractivity contribution in [3.63, 3.8) is 0 Å². The number of aromatic hydroxyl groups is 3. The first-order valence-electron chi connectivity index (χ1n) is 12.8. The number of hydrogen-bond donors (Lipinski definition) is 3. The van der Waals surface area contributed by atoms with E-state index in [2.05, 4.69) is 45.0 Å². The molecule has 1 atom stereocenters. The zero-order valence-electron chi connectivity index (χ0n) is 21.4. The van der Waals surface area contributed by atoms with Crippen LogP contribution in [0.4, 0.5) is 0 Å². The highest BCUT2D eigenvalue weighted by atomic mass is 16.3. The van der Waals surface area contributed by atoms with E-state index in [9.17, 15) is 15.3 Å². The van der Waals surface area contributed by atoms with Crippen LogP contribution in [0.2, 0.25) is 0 Å². The van der Waals surface area contributed by atoms with Crippen molar-refractivity contribution in [3.8, 4) is 17.2 Å². The van der Waals surface area contributed by atoms with Crippen LogP contribution >= 0.6 is 0 Å². The van der Waals surface area contributed by atoms with Crippen molar-refractivity contribution in [1.29, 1.82) is 0 Å². The zero-order valence-corrected chi connectivity index (χ0v) is 21.4. The third kappa shape index (κ3) is 4.97. The van der Waals surface area contributed by atoms with Crippen LogP contribution in [0, 0.1) is 0 Å². The van der Waals surface area contributed by atoms with Gasteiger partial charge in [-0.3, -0.25) is 0 Å². The Morgan fingerprint density at radius 3 is 1.14 bits per heavy atom. The summed E-state index contributed by atoms with van der Waals surface area (Å²) in [6.45, 7) is 6.70. The largest absolute Gasteiger partial charge is 0.508 e. The van der Waals surface area contributed by atoms with E-state index in [1.54, 1.807) is 36.4 Å². The van der Waals surface area contributed by atoms with Crippen LogP contribution in [0.15, 0.2) is 97.1 Å². The van der Waals surface area contributed by atoms with Gasteiger partial charge in [0, 0.05) is 10.8 Å². The van der Waals surface area contributed by atoms with Crippen LogP contribution in [-0.2, 0) is 10.8 Å². The van der Waals surface area contributed by atoms with Crippen molar-refractivity contribution < 1.29 is 15.3 Å². The molecule has 0 saturated carbocycles. The maximum absolute atomic E-state index is 9.89. The molecular formula is C33H36O3. The maximum Gasteiger partial charge on any atom is 0.115 e. The molecule has 3 nitrogen and oxygen atoms in total. The lowest BCUT2D eigenvalue weighted by molar-refractivity contribution is 0.468. The topological polar surface area (TPSA) is 60.7 Å². The lowest BCUT2D eigenvalue weighted by atomic mass is 9.69. The van der Waals surface area contributed by atoms with Gasteiger partial charge in [-0.05, 0) is 77.6 Å². The SMILES string of the molecule is CCCCCC(C)(c1ccc(O)cc1)c1ccc(C(C)(c2ccc(O)cc2)c2ccc(O)cc2)cc1. The lowest BCUT2D eigenvalue weighted by Crippen LogP contribution is -2.27. The number of hydrogen-bond acceptors (Lipinski definition) is 3. The summed E-state index contributed by atoms with van der Waals surface area (Å²) in [7, 11) is 0. The average Bonchev–Trinajstić information content (AvgIpc) is 2.89. The summed E-state index contributed by atoms with van der Waals surface area (Å²) in [5.74, 6) is 0.751. The quantitative estimate of drug-likeness (QED) is 0.168. The van der Waals surface area contributed by atoms with Gasteiger partial charge in [0.1, 0.15) is 17.2 Å². The van der Waals surface area contributed by atoms with Gasteiger partial charge in [0.05, 0.1) is 0 Å². The highest BCUT2D eigenvalue weighted by Gasteiger charge is 2.33. The van der Waals surface area contributed by atoms with Gasteiger partial charge in [-0.15, -0.1) is 0 Å². The molecule has 0 spiro atoms. The number of phenols is 3. The molecule has 0 heterocycles. The van der Waals surface area contributed by atoms with Crippen LogP contribution in [0.5, 0.6) is 17.2 Å². The highest BCUT2D eigenvalue weighted by molar-refractivity contribution is 5.52. The molecule has 0 aliphatic carbocycles. The predicted octanol–water partition coefficient (Wildman–Crippen LogP) is 8.04. The standard InChI is InChI=1S/C33H36O3/c1-4-5-6-23-32(2,25-11-17-29(34)18-12-25)24-7-9-26(10-8-24)33(3,27-13-19-30(35)20-14-27)28-15-21-31(36)22-16-28/h7-22,34-36H,4-6,23H2,1-3H3. The fourth-order valence-electron chi connectivity index (χ4n) is 5.27. The molecule has 36 heavy (non-hydrogen) atoms. The Balaban J connectivity index is 1.79. The van der Waals surface area contributed by atoms with Crippen LogP contribution in [0.3, 0.4) is 0 Å². The van der Waals surface area contributed by atoms with Crippen molar-refractivity contribution in [3.05, 3.63) is 125 Å². The predicted molar refractivity (Wildman–Crippen MR) is 147 cm³/mol. The van der Waals surface area contributed by atoms with E-state index in [1.165, 1.54) is 24.0 Å².